The van der Waals surface area contributed by atoms with Gasteiger partial charge in [-0.1, -0.05) is 63.9 Å². The van der Waals surface area contributed by atoms with Gasteiger partial charge in [0.15, 0.2) is 0 Å². The van der Waals surface area contributed by atoms with Gasteiger partial charge in [0.1, 0.15) is 19.4 Å². The third-order valence-corrected chi connectivity index (χ3v) is 7.08. The van der Waals surface area contributed by atoms with Gasteiger partial charge in [0.05, 0.1) is 11.5 Å². The van der Waals surface area contributed by atoms with E-state index in [4.69, 9.17) is 4.74 Å². The minimum atomic E-state index is -0.692. The first-order valence-corrected chi connectivity index (χ1v) is 13.0. The molecule has 8 heteroatoms. The van der Waals surface area contributed by atoms with Gasteiger partial charge in [-0.2, -0.15) is 0 Å². The Kier molecular flexibility index (Phi) is 11.2. The number of carbonyl (C=O) groups excluding carboxylic acids is 3. The first-order valence-electron chi connectivity index (χ1n) is 13.0. The molecule has 1 heterocycles. The van der Waals surface area contributed by atoms with Gasteiger partial charge in [-0.15, -0.1) is 0 Å². The average Bonchev–Trinajstić information content (AvgIpc) is 2.85. The van der Waals surface area contributed by atoms with Gasteiger partial charge < -0.3 is 25.2 Å². The molecule has 2 atom stereocenters. The van der Waals surface area contributed by atoms with E-state index in [2.05, 4.69) is 17.6 Å². The van der Waals surface area contributed by atoms with Crippen LogP contribution >= 0.6 is 0 Å². The van der Waals surface area contributed by atoms with Crippen LogP contribution in [0.15, 0.2) is 24.3 Å². The third-order valence-electron chi connectivity index (χ3n) is 7.08. The molecule has 0 saturated carbocycles. The lowest BCUT2D eigenvalue weighted by Gasteiger charge is -2.54. The maximum atomic E-state index is 13.1. The third kappa shape index (κ3) is 7.04. The van der Waals surface area contributed by atoms with Gasteiger partial charge in [0.25, 0.3) is 0 Å². The highest BCUT2D eigenvalue weighted by atomic mass is 16.5. The van der Waals surface area contributed by atoms with Crippen LogP contribution in [0.25, 0.3) is 0 Å². The van der Waals surface area contributed by atoms with Crippen LogP contribution in [0, 0.1) is 12.3 Å². The fourth-order valence-corrected chi connectivity index (χ4v) is 4.65. The van der Waals surface area contributed by atoms with E-state index >= 15 is 0 Å². The zero-order valence-electron chi connectivity index (χ0n) is 22.4. The van der Waals surface area contributed by atoms with Crippen LogP contribution in [0.3, 0.4) is 0 Å². The number of amides is 3. The number of β-lactam (4-membered cyclic amide) rings is 1. The molecule has 1 aliphatic rings. The largest absolute Gasteiger partial charge is 0.348 e. The highest BCUT2D eigenvalue weighted by molar-refractivity contribution is 5.93. The molecule has 3 amide bonds. The summed E-state index contributed by atoms with van der Waals surface area (Å²) in [6.07, 6.45) is 2.33. The number of rotatable bonds is 15. The molecule has 1 fully saturated rings. The lowest BCUT2D eigenvalue weighted by molar-refractivity contribution is -0.224. The maximum Gasteiger partial charge on any atom is 0.248 e. The monoisotopic (exact) mass is 488 g/mol. The second-order valence-electron chi connectivity index (χ2n) is 9.45. The quantitative estimate of drug-likeness (QED) is 0.293. The zero-order chi connectivity index (χ0) is 26.0. The molecule has 1 aromatic carbocycles. The van der Waals surface area contributed by atoms with E-state index in [0.29, 0.717) is 25.9 Å². The summed E-state index contributed by atoms with van der Waals surface area (Å²) in [5.74, 6) is -0.450. The van der Waals surface area contributed by atoms with Crippen molar-refractivity contribution in [3.63, 3.8) is 0 Å². The van der Waals surface area contributed by atoms with E-state index in [1.807, 2.05) is 52.0 Å². The topological polar surface area (TPSA) is 91.0 Å². The Hall–Kier alpha value is -2.45. The lowest BCUT2D eigenvalue weighted by atomic mass is 9.71. The van der Waals surface area contributed by atoms with Crippen molar-refractivity contribution in [2.24, 2.45) is 5.41 Å². The van der Waals surface area contributed by atoms with Crippen molar-refractivity contribution >= 4 is 17.7 Å². The molecule has 0 unspecified atom stereocenters. The summed E-state index contributed by atoms with van der Waals surface area (Å²) in [4.78, 5) is 41.8. The Morgan fingerprint density at radius 1 is 1.14 bits per heavy atom. The standard InChI is InChI=1S/C27H44N4O4/c1-7-11-22(21-14-12-20(5)13-15-21)29-23(32)18-31-25(34)27(8-2,9-3)26(31)35-19-24(33)30(6)17-16-28-10-4/h12-15,22,26,28H,7-11,16-19H2,1-6H3,(H,29,32)/t22-,26+/m1/s1. The van der Waals surface area contributed by atoms with E-state index in [9.17, 15) is 14.4 Å². The van der Waals surface area contributed by atoms with Crippen molar-refractivity contribution in [3.05, 3.63) is 35.4 Å². The summed E-state index contributed by atoms with van der Waals surface area (Å²) in [5.41, 5.74) is 1.53. The molecule has 1 aromatic rings. The number of nitrogens with one attached hydrogen (secondary N) is 2. The van der Waals surface area contributed by atoms with Crippen molar-refractivity contribution in [2.75, 3.05) is 39.8 Å². The molecule has 0 aliphatic carbocycles. The molecule has 0 bridgehead atoms. The van der Waals surface area contributed by atoms with Crippen molar-refractivity contribution in [3.8, 4) is 0 Å². The summed E-state index contributed by atoms with van der Waals surface area (Å²) >= 11 is 0. The molecule has 196 valence electrons. The number of ether oxygens (including phenoxy) is 1. The average molecular weight is 489 g/mol. The maximum absolute atomic E-state index is 13.1. The van der Waals surface area contributed by atoms with E-state index in [-0.39, 0.29) is 36.9 Å². The number of hydrogen-bond donors (Lipinski definition) is 2. The normalized spacial score (nSPS) is 17.6. The fourth-order valence-electron chi connectivity index (χ4n) is 4.65. The van der Waals surface area contributed by atoms with Gasteiger partial charge >= 0.3 is 0 Å². The van der Waals surface area contributed by atoms with Crippen LogP contribution in [0.2, 0.25) is 0 Å². The van der Waals surface area contributed by atoms with E-state index < -0.39 is 11.6 Å². The van der Waals surface area contributed by atoms with Crippen molar-refractivity contribution in [1.29, 1.82) is 0 Å². The Labute approximate surface area is 210 Å². The molecule has 0 spiro atoms. The van der Waals surface area contributed by atoms with Crippen LogP contribution in [0.5, 0.6) is 0 Å². The molecular weight excluding hydrogens is 444 g/mol. The number of likely N-dealkylation sites (tertiary alicyclic amines) is 1. The van der Waals surface area contributed by atoms with Gasteiger partial charge in [-0.3, -0.25) is 14.4 Å². The number of carbonyl (C=O) groups is 3. The van der Waals surface area contributed by atoms with Gasteiger partial charge in [-0.05, 0) is 38.3 Å². The molecule has 35 heavy (non-hydrogen) atoms. The van der Waals surface area contributed by atoms with Crippen LogP contribution in [0.4, 0.5) is 0 Å². The molecular formula is C27H44N4O4. The van der Waals surface area contributed by atoms with Crippen molar-refractivity contribution in [2.45, 2.75) is 72.6 Å². The minimum absolute atomic E-state index is 0.0816. The molecule has 1 saturated heterocycles. The SMILES string of the molecule is CCC[C@@H](NC(=O)CN1C(=O)C(CC)(CC)[C@@H]1OCC(=O)N(C)CCNCC)c1ccc(C)cc1. The summed E-state index contributed by atoms with van der Waals surface area (Å²) in [6.45, 7) is 12.0. The minimum Gasteiger partial charge on any atom is -0.348 e. The Balaban J connectivity index is 2.04. The summed E-state index contributed by atoms with van der Waals surface area (Å²) in [5, 5.41) is 6.29. The summed E-state index contributed by atoms with van der Waals surface area (Å²) in [6, 6.07) is 8.03. The Morgan fingerprint density at radius 3 is 2.37 bits per heavy atom. The predicted octanol–water partition coefficient (Wildman–Crippen LogP) is 3.01. The number of hydrogen-bond acceptors (Lipinski definition) is 5. The number of likely N-dealkylation sites (N-methyl/N-ethyl adjacent to an activating group) is 2. The highest BCUT2D eigenvalue weighted by Gasteiger charge is 2.59. The smallest absolute Gasteiger partial charge is 0.248 e. The van der Waals surface area contributed by atoms with E-state index in [0.717, 1.165) is 24.9 Å². The van der Waals surface area contributed by atoms with Gasteiger partial charge in [0.2, 0.25) is 17.7 Å². The first kappa shape index (κ1) is 28.8. The number of benzene rings is 1. The summed E-state index contributed by atoms with van der Waals surface area (Å²) < 4.78 is 6.01. The lowest BCUT2D eigenvalue weighted by Crippen LogP contribution is -2.71. The molecule has 0 aromatic heterocycles. The van der Waals surface area contributed by atoms with Crippen LogP contribution < -0.4 is 10.6 Å². The molecule has 0 radical (unpaired) electrons. The Bertz CT molecular complexity index is 838. The molecule has 8 nitrogen and oxygen atoms in total. The van der Waals surface area contributed by atoms with Crippen molar-refractivity contribution in [1.82, 2.24) is 20.4 Å². The zero-order valence-corrected chi connectivity index (χ0v) is 22.4. The fraction of sp³-hybridized carbons (Fsp3) is 0.667. The van der Waals surface area contributed by atoms with Crippen LogP contribution in [-0.4, -0.2) is 73.6 Å². The van der Waals surface area contributed by atoms with E-state index in [1.54, 1.807) is 11.9 Å². The molecule has 1 aliphatic heterocycles. The van der Waals surface area contributed by atoms with Crippen LogP contribution in [0.1, 0.15) is 70.5 Å². The highest BCUT2D eigenvalue weighted by Crippen LogP contribution is 2.45. The Morgan fingerprint density at radius 2 is 1.80 bits per heavy atom. The second-order valence-corrected chi connectivity index (χ2v) is 9.45. The molecule has 2 N–H and O–H groups in total. The van der Waals surface area contributed by atoms with Gasteiger partial charge in [-0.25, -0.2) is 0 Å². The molecule has 2 rings (SSSR count). The predicted molar refractivity (Wildman–Crippen MR) is 138 cm³/mol. The first-order chi connectivity index (χ1) is 16.7. The number of aryl methyl sites for hydroxylation is 1. The van der Waals surface area contributed by atoms with E-state index in [1.165, 1.54) is 10.5 Å². The summed E-state index contributed by atoms with van der Waals surface area (Å²) in [7, 11) is 1.74. The number of nitrogens with zero attached hydrogens (tertiary/aromatic N) is 2. The second kappa shape index (κ2) is 13.6. The van der Waals surface area contributed by atoms with Crippen molar-refractivity contribution < 1.29 is 19.1 Å². The van der Waals surface area contributed by atoms with Gasteiger partial charge in [0, 0.05) is 20.1 Å². The van der Waals surface area contributed by atoms with Crippen LogP contribution in [-0.2, 0) is 19.1 Å².